The highest BCUT2D eigenvalue weighted by Gasteiger charge is 2.44. The lowest BCUT2D eigenvalue weighted by molar-refractivity contribution is -0.143. The zero-order chi connectivity index (χ0) is 14.9. The van der Waals surface area contributed by atoms with Gasteiger partial charge in [-0.3, -0.25) is 4.79 Å². The number of ether oxygens (including phenoxy) is 1. The van der Waals surface area contributed by atoms with E-state index >= 15 is 0 Å². The predicted octanol–water partition coefficient (Wildman–Crippen LogP) is 3.56. The molecule has 0 radical (unpaired) electrons. The highest BCUT2D eigenvalue weighted by molar-refractivity contribution is 8.00. The number of benzene rings is 1. The van der Waals surface area contributed by atoms with E-state index in [9.17, 15) is 9.90 Å². The maximum atomic E-state index is 11.6. The molecular formula is C17H22O3S. The Morgan fingerprint density at radius 2 is 2.29 bits per heavy atom. The van der Waals surface area contributed by atoms with Gasteiger partial charge < -0.3 is 9.84 Å². The average molecular weight is 306 g/mol. The van der Waals surface area contributed by atoms with Gasteiger partial charge >= 0.3 is 5.97 Å². The largest absolute Gasteiger partial charge is 0.508 e. The summed E-state index contributed by atoms with van der Waals surface area (Å²) in [5.41, 5.74) is 3.65. The van der Waals surface area contributed by atoms with Crippen molar-refractivity contribution in [1.82, 2.24) is 0 Å². The minimum Gasteiger partial charge on any atom is -0.508 e. The molecule has 1 aromatic carbocycles. The van der Waals surface area contributed by atoms with Gasteiger partial charge in [-0.1, -0.05) is 6.07 Å². The highest BCUT2D eigenvalue weighted by Crippen LogP contribution is 2.57. The third-order valence-electron chi connectivity index (χ3n) is 4.63. The molecule has 1 heterocycles. The van der Waals surface area contributed by atoms with Crippen molar-refractivity contribution in [3.8, 4) is 5.75 Å². The van der Waals surface area contributed by atoms with Gasteiger partial charge in [0.2, 0.25) is 0 Å². The van der Waals surface area contributed by atoms with E-state index in [4.69, 9.17) is 4.74 Å². The number of phenolic OH excluding ortho intramolecular Hbond substituents is 1. The first-order valence-electron chi connectivity index (χ1n) is 7.80. The number of carbonyl (C=O) groups is 1. The van der Waals surface area contributed by atoms with Gasteiger partial charge in [0.15, 0.2) is 0 Å². The fraction of sp³-hybridized carbons (Fsp3) is 0.588. The molecule has 21 heavy (non-hydrogen) atoms. The van der Waals surface area contributed by atoms with Crippen LogP contribution < -0.4 is 0 Å². The fourth-order valence-corrected chi connectivity index (χ4v) is 5.31. The van der Waals surface area contributed by atoms with Crippen molar-refractivity contribution in [2.75, 3.05) is 12.4 Å². The van der Waals surface area contributed by atoms with Gasteiger partial charge in [-0.15, -0.1) is 0 Å². The first-order chi connectivity index (χ1) is 10.2. The van der Waals surface area contributed by atoms with Crippen molar-refractivity contribution in [3.63, 3.8) is 0 Å². The van der Waals surface area contributed by atoms with Crippen LogP contribution in [0.2, 0.25) is 0 Å². The Kier molecular flexibility index (Phi) is 4.16. The van der Waals surface area contributed by atoms with Gasteiger partial charge in [-0.05, 0) is 62.0 Å². The number of thioether (sulfide) groups is 1. The SMILES string of the molecule is CCOC(=O)CCc1ccc(O)c2c1CCC21CCCS1. The summed E-state index contributed by atoms with van der Waals surface area (Å²) in [4.78, 5) is 11.6. The van der Waals surface area contributed by atoms with E-state index in [-0.39, 0.29) is 10.7 Å². The summed E-state index contributed by atoms with van der Waals surface area (Å²) in [6, 6.07) is 3.79. The van der Waals surface area contributed by atoms with Crippen molar-refractivity contribution in [1.29, 1.82) is 0 Å². The number of phenols is 1. The minimum atomic E-state index is -0.137. The summed E-state index contributed by atoms with van der Waals surface area (Å²) in [6.45, 7) is 2.27. The third kappa shape index (κ3) is 2.66. The van der Waals surface area contributed by atoms with Crippen LogP contribution in [0.1, 0.15) is 49.3 Å². The van der Waals surface area contributed by atoms with E-state index in [1.54, 1.807) is 0 Å². The van der Waals surface area contributed by atoms with Gasteiger partial charge in [0.05, 0.1) is 6.61 Å². The maximum Gasteiger partial charge on any atom is 0.306 e. The molecule has 1 aliphatic heterocycles. The molecule has 0 aromatic heterocycles. The predicted molar refractivity (Wildman–Crippen MR) is 84.8 cm³/mol. The summed E-state index contributed by atoms with van der Waals surface area (Å²) in [7, 11) is 0. The molecule has 1 fully saturated rings. The van der Waals surface area contributed by atoms with E-state index in [1.807, 2.05) is 30.8 Å². The van der Waals surface area contributed by atoms with Gasteiger partial charge in [0.25, 0.3) is 0 Å². The molecule has 114 valence electrons. The molecular weight excluding hydrogens is 284 g/mol. The van der Waals surface area contributed by atoms with Gasteiger partial charge in [0, 0.05) is 16.7 Å². The highest BCUT2D eigenvalue weighted by atomic mass is 32.2. The van der Waals surface area contributed by atoms with Crippen LogP contribution in [0.25, 0.3) is 0 Å². The molecule has 3 rings (SSSR count). The van der Waals surface area contributed by atoms with Crippen LogP contribution in [-0.4, -0.2) is 23.4 Å². The first-order valence-corrected chi connectivity index (χ1v) is 8.78. The number of aryl methyl sites for hydroxylation is 1. The molecule has 0 saturated carbocycles. The van der Waals surface area contributed by atoms with Crippen molar-refractivity contribution >= 4 is 17.7 Å². The number of aromatic hydroxyl groups is 1. The lowest BCUT2D eigenvalue weighted by Gasteiger charge is -2.24. The molecule has 1 atom stereocenters. The van der Waals surface area contributed by atoms with Crippen molar-refractivity contribution in [2.24, 2.45) is 0 Å². The maximum absolute atomic E-state index is 11.6. The van der Waals surface area contributed by atoms with Crippen molar-refractivity contribution < 1.29 is 14.6 Å². The smallest absolute Gasteiger partial charge is 0.306 e. The number of hydrogen-bond donors (Lipinski definition) is 1. The Morgan fingerprint density at radius 1 is 1.43 bits per heavy atom. The van der Waals surface area contributed by atoms with Crippen LogP contribution in [0.4, 0.5) is 0 Å². The third-order valence-corrected chi connectivity index (χ3v) is 6.29. The second-order valence-corrected chi connectivity index (χ2v) is 7.33. The summed E-state index contributed by atoms with van der Waals surface area (Å²) in [5, 5.41) is 10.3. The molecule has 1 aromatic rings. The molecule has 1 spiro atoms. The first kappa shape index (κ1) is 14.8. The summed E-state index contributed by atoms with van der Waals surface area (Å²) >= 11 is 2.00. The van der Waals surface area contributed by atoms with Gasteiger partial charge in [-0.2, -0.15) is 11.8 Å². The Labute approximate surface area is 130 Å². The monoisotopic (exact) mass is 306 g/mol. The molecule has 1 unspecified atom stereocenters. The molecule has 3 nitrogen and oxygen atoms in total. The lowest BCUT2D eigenvalue weighted by Crippen LogP contribution is -2.14. The Balaban J connectivity index is 1.85. The van der Waals surface area contributed by atoms with Crippen LogP contribution in [-0.2, 0) is 27.1 Å². The average Bonchev–Trinajstić information content (AvgIpc) is 3.08. The fourth-order valence-electron chi connectivity index (χ4n) is 3.72. The zero-order valence-corrected chi connectivity index (χ0v) is 13.3. The molecule has 1 saturated heterocycles. The van der Waals surface area contributed by atoms with E-state index in [0.717, 1.165) is 18.4 Å². The summed E-state index contributed by atoms with van der Waals surface area (Å²) in [5.74, 6) is 1.49. The number of hydrogen-bond acceptors (Lipinski definition) is 4. The Morgan fingerprint density at radius 3 is 3.00 bits per heavy atom. The minimum absolute atomic E-state index is 0.137. The van der Waals surface area contributed by atoms with Crippen LogP contribution in [0, 0.1) is 0 Å². The lowest BCUT2D eigenvalue weighted by atomic mass is 9.92. The summed E-state index contributed by atoms with van der Waals surface area (Å²) in [6.07, 6.45) is 5.68. The van der Waals surface area contributed by atoms with Crippen LogP contribution in [0.5, 0.6) is 5.75 Å². The Hall–Kier alpha value is -1.16. The molecule has 0 amide bonds. The Bertz CT molecular complexity index is 547. The molecule has 4 heteroatoms. The van der Waals surface area contributed by atoms with Crippen molar-refractivity contribution in [2.45, 2.75) is 50.2 Å². The van der Waals surface area contributed by atoms with Gasteiger partial charge in [0.1, 0.15) is 5.75 Å². The van der Waals surface area contributed by atoms with Crippen LogP contribution >= 0.6 is 11.8 Å². The molecule has 1 aliphatic carbocycles. The van der Waals surface area contributed by atoms with Crippen LogP contribution in [0.3, 0.4) is 0 Å². The van der Waals surface area contributed by atoms with Crippen molar-refractivity contribution in [3.05, 3.63) is 28.8 Å². The number of fused-ring (bicyclic) bond motifs is 2. The molecule has 0 bridgehead atoms. The molecule has 1 N–H and O–H groups in total. The standard InChI is InChI=1S/C17H22O3S/c1-2-20-15(19)7-5-12-4-6-14(18)16-13(12)8-10-17(16)9-3-11-21-17/h4,6,18H,2-3,5,7-11H2,1H3. The number of esters is 1. The van der Waals surface area contributed by atoms with E-state index < -0.39 is 0 Å². The molecule has 2 aliphatic rings. The van der Waals surface area contributed by atoms with E-state index in [1.165, 1.54) is 29.7 Å². The van der Waals surface area contributed by atoms with Crippen LogP contribution in [0.15, 0.2) is 12.1 Å². The number of carbonyl (C=O) groups excluding carboxylic acids is 1. The topological polar surface area (TPSA) is 46.5 Å². The second kappa shape index (κ2) is 5.91. The zero-order valence-electron chi connectivity index (χ0n) is 12.5. The summed E-state index contributed by atoms with van der Waals surface area (Å²) < 4.78 is 5.15. The van der Waals surface area contributed by atoms with E-state index in [2.05, 4.69) is 0 Å². The van der Waals surface area contributed by atoms with Gasteiger partial charge in [-0.25, -0.2) is 0 Å². The second-order valence-electron chi connectivity index (χ2n) is 5.85. The quantitative estimate of drug-likeness (QED) is 0.864. The number of rotatable bonds is 4. The normalized spacial score (nSPS) is 23.5. The van der Waals surface area contributed by atoms with E-state index in [0.29, 0.717) is 25.2 Å².